The van der Waals surface area contributed by atoms with Crippen molar-refractivity contribution in [3.63, 3.8) is 0 Å². The van der Waals surface area contributed by atoms with Crippen LogP contribution in [0.3, 0.4) is 0 Å². The quantitative estimate of drug-likeness (QED) is 0.796. The summed E-state index contributed by atoms with van der Waals surface area (Å²) in [6, 6.07) is 11.1. The molecule has 0 aliphatic rings. The first kappa shape index (κ1) is 12.7. The maximum Gasteiger partial charge on any atom is 0.124 e. The Bertz CT molecular complexity index is 552. The van der Waals surface area contributed by atoms with Gasteiger partial charge in [0.05, 0.1) is 10.7 Å². The standard InChI is InChI=1S/C15H14ClNO/c1-10-4-6-14(13(16)7-10)17-9-12-5-3-11(2)8-15(12)18/h3-9,18H,1-2H3. The molecule has 2 nitrogen and oxygen atoms in total. The fourth-order valence-electron chi connectivity index (χ4n) is 1.62. The van der Waals surface area contributed by atoms with Gasteiger partial charge in [-0.25, -0.2) is 0 Å². The van der Waals surface area contributed by atoms with Crippen molar-refractivity contribution < 1.29 is 5.11 Å². The summed E-state index contributed by atoms with van der Waals surface area (Å²) in [7, 11) is 0. The number of aryl methyl sites for hydroxylation is 2. The number of aliphatic imine (C=N–C) groups is 1. The summed E-state index contributed by atoms with van der Waals surface area (Å²) >= 11 is 6.08. The molecule has 0 spiro atoms. The highest BCUT2D eigenvalue weighted by molar-refractivity contribution is 6.33. The number of benzene rings is 2. The summed E-state index contributed by atoms with van der Waals surface area (Å²) in [5.74, 6) is 0.224. The number of halogens is 1. The number of hydrogen-bond acceptors (Lipinski definition) is 2. The molecular formula is C15H14ClNO. The lowest BCUT2D eigenvalue weighted by Gasteiger charge is -2.01. The van der Waals surface area contributed by atoms with E-state index in [2.05, 4.69) is 4.99 Å². The Balaban J connectivity index is 2.30. The summed E-state index contributed by atoms with van der Waals surface area (Å²) in [4.78, 5) is 4.29. The molecule has 0 aromatic heterocycles. The van der Waals surface area contributed by atoms with Crippen LogP contribution in [-0.4, -0.2) is 11.3 Å². The zero-order valence-electron chi connectivity index (χ0n) is 10.3. The van der Waals surface area contributed by atoms with E-state index in [1.165, 1.54) is 0 Å². The van der Waals surface area contributed by atoms with Crippen LogP contribution in [0.15, 0.2) is 41.4 Å². The van der Waals surface area contributed by atoms with Gasteiger partial charge in [0.25, 0.3) is 0 Å². The van der Waals surface area contributed by atoms with E-state index in [-0.39, 0.29) is 5.75 Å². The number of phenolic OH excluding ortho intramolecular Hbond substituents is 1. The van der Waals surface area contributed by atoms with Gasteiger partial charge in [-0.15, -0.1) is 0 Å². The van der Waals surface area contributed by atoms with E-state index < -0.39 is 0 Å². The lowest BCUT2D eigenvalue weighted by atomic mass is 10.1. The van der Waals surface area contributed by atoms with Gasteiger partial charge in [-0.05, 0) is 49.2 Å². The van der Waals surface area contributed by atoms with Gasteiger partial charge >= 0.3 is 0 Å². The highest BCUT2D eigenvalue weighted by atomic mass is 35.5. The highest BCUT2D eigenvalue weighted by Crippen LogP contribution is 2.26. The maximum absolute atomic E-state index is 9.76. The van der Waals surface area contributed by atoms with E-state index in [9.17, 15) is 5.11 Å². The van der Waals surface area contributed by atoms with Crippen molar-refractivity contribution in [2.75, 3.05) is 0 Å². The molecule has 2 aromatic rings. The molecule has 2 aromatic carbocycles. The summed E-state index contributed by atoms with van der Waals surface area (Å²) in [6.07, 6.45) is 1.62. The Hall–Kier alpha value is -1.80. The number of rotatable bonds is 2. The van der Waals surface area contributed by atoms with E-state index in [4.69, 9.17) is 11.6 Å². The van der Waals surface area contributed by atoms with Crippen LogP contribution in [0.4, 0.5) is 5.69 Å². The molecule has 0 aliphatic carbocycles. The molecule has 0 radical (unpaired) electrons. The van der Waals surface area contributed by atoms with Crippen LogP contribution in [0, 0.1) is 13.8 Å². The number of nitrogens with zero attached hydrogens (tertiary/aromatic N) is 1. The van der Waals surface area contributed by atoms with Crippen LogP contribution in [0.25, 0.3) is 0 Å². The maximum atomic E-state index is 9.76. The van der Waals surface area contributed by atoms with Crippen LogP contribution in [0.2, 0.25) is 5.02 Å². The minimum absolute atomic E-state index is 0.224. The predicted octanol–water partition coefficient (Wildman–Crippen LogP) is 4.41. The molecule has 0 saturated heterocycles. The first-order chi connectivity index (χ1) is 8.56. The van der Waals surface area contributed by atoms with Gasteiger partial charge < -0.3 is 5.11 Å². The Morgan fingerprint density at radius 2 is 1.72 bits per heavy atom. The molecule has 3 heteroatoms. The minimum Gasteiger partial charge on any atom is -0.507 e. The average Bonchev–Trinajstić information content (AvgIpc) is 2.30. The van der Waals surface area contributed by atoms with Gasteiger partial charge in [-0.2, -0.15) is 0 Å². The van der Waals surface area contributed by atoms with Crippen molar-refractivity contribution in [2.45, 2.75) is 13.8 Å². The van der Waals surface area contributed by atoms with Crippen molar-refractivity contribution >= 4 is 23.5 Å². The van der Waals surface area contributed by atoms with Gasteiger partial charge in [0.1, 0.15) is 5.75 Å². The molecule has 0 aliphatic heterocycles. The highest BCUT2D eigenvalue weighted by Gasteiger charge is 2.00. The lowest BCUT2D eigenvalue weighted by Crippen LogP contribution is -1.83. The summed E-state index contributed by atoms with van der Waals surface area (Å²) < 4.78 is 0. The second kappa shape index (κ2) is 5.23. The van der Waals surface area contributed by atoms with Gasteiger partial charge in [0, 0.05) is 11.8 Å². The Morgan fingerprint density at radius 3 is 2.39 bits per heavy atom. The molecule has 2 rings (SSSR count). The van der Waals surface area contributed by atoms with Crippen LogP contribution >= 0.6 is 11.6 Å². The first-order valence-corrected chi connectivity index (χ1v) is 6.04. The number of hydrogen-bond donors (Lipinski definition) is 1. The van der Waals surface area contributed by atoms with Gasteiger partial charge in [-0.1, -0.05) is 23.7 Å². The smallest absolute Gasteiger partial charge is 0.124 e. The first-order valence-electron chi connectivity index (χ1n) is 5.66. The lowest BCUT2D eigenvalue weighted by molar-refractivity contribution is 0.474. The normalized spacial score (nSPS) is 11.1. The summed E-state index contributed by atoms with van der Waals surface area (Å²) in [5.41, 5.74) is 3.48. The van der Waals surface area contributed by atoms with Crippen LogP contribution in [-0.2, 0) is 0 Å². The van der Waals surface area contributed by atoms with E-state index >= 15 is 0 Å². The van der Waals surface area contributed by atoms with Crippen molar-refractivity contribution in [1.82, 2.24) is 0 Å². The van der Waals surface area contributed by atoms with Crippen LogP contribution in [0.5, 0.6) is 5.75 Å². The summed E-state index contributed by atoms with van der Waals surface area (Å²) in [6.45, 7) is 3.91. The molecule has 0 unspecified atom stereocenters. The minimum atomic E-state index is 0.224. The third-order valence-electron chi connectivity index (χ3n) is 2.63. The summed E-state index contributed by atoms with van der Waals surface area (Å²) in [5, 5.41) is 10.4. The fourth-order valence-corrected chi connectivity index (χ4v) is 1.90. The topological polar surface area (TPSA) is 32.6 Å². The third-order valence-corrected chi connectivity index (χ3v) is 2.93. The molecule has 92 valence electrons. The molecule has 0 fully saturated rings. The molecule has 0 saturated carbocycles. The monoisotopic (exact) mass is 259 g/mol. The number of phenols is 1. The third kappa shape index (κ3) is 2.90. The molecule has 0 bridgehead atoms. The van der Waals surface area contributed by atoms with Crippen molar-refractivity contribution in [2.24, 2.45) is 4.99 Å². The van der Waals surface area contributed by atoms with Gasteiger partial charge in [-0.3, -0.25) is 4.99 Å². The molecule has 0 atom stereocenters. The van der Waals surface area contributed by atoms with Crippen LogP contribution < -0.4 is 0 Å². The van der Waals surface area contributed by atoms with Gasteiger partial charge in [0.15, 0.2) is 0 Å². The van der Waals surface area contributed by atoms with Gasteiger partial charge in [0.2, 0.25) is 0 Å². The largest absolute Gasteiger partial charge is 0.507 e. The predicted molar refractivity (Wildman–Crippen MR) is 76.3 cm³/mol. The van der Waals surface area contributed by atoms with Crippen molar-refractivity contribution in [3.05, 3.63) is 58.1 Å². The second-order valence-corrected chi connectivity index (χ2v) is 4.68. The Kier molecular flexibility index (Phi) is 3.68. The average molecular weight is 260 g/mol. The number of aromatic hydroxyl groups is 1. The molecule has 1 N–H and O–H groups in total. The molecular weight excluding hydrogens is 246 g/mol. The zero-order chi connectivity index (χ0) is 13.1. The van der Waals surface area contributed by atoms with E-state index in [0.29, 0.717) is 16.3 Å². The van der Waals surface area contributed by atoms with Crippen LogP contribution in [0.1, 0.15) is 16.7 Å². The Labute approximate surface area is 112 Å². The molecule has 0 heterocycles. The molecule has 0 amide bonds. The second-order valence-electron chi connectivity index (χ2n) is 4.28. The van der Waals surface area contributed by atoms with Crippen molar-refractivity contribution in [3.8, 4) is 5.75 Å². The fraction of sp³-hybridized carbons (Fsp3) is 0.133. The van der Waals surface area contributed by atoms with E-state index in [1.807, 2.05) is 44.2 Å². The Morgan fingerprint density at radius 1 is 1.06 bits per heavy atom. The van der Waals surface area contributed by atoms with E-state index in [0.717, 1.165) is 11.1 Å². The van der Waals surface area contributed by atoms with Crippen molar-refractivity contribution in [1.29, 1.82) is 0 Å². The van der Waals surface area contributed by atoms with E-state index in [1.54, 1.807) is 12.3 Å². The zero-order valence-corrected chi connectivity index (χ0v) is 11.1. The molecule has 18 heavy (non-hydrogen) atoms. The SMILES string of the molecule is Cc1ccc(C=Nc2ccc(C)cc2Cl)c(O)c1.